The summed E-state index contributed by atoms with van der Waals surface area (Å²) >= 11 is 5.75. The molecular weight excluding hydrogens is 455 g/mol. The molecule has 0 amide bonds. The lowest BCUT2D eigenvalue weighted by molar-refractivity contribution is 0.266. The third kappa shape index (κ3) is 3.16. The van der Waals surface area contributed by atoms with Crippen molar-refractivity contribution >= 4 is 38.5 Å². The summed E-state index contributed by atoms with van der Waals surface area (Å²) in [4.78, 5) is 4.41. The van der Waals surface area contributed by atoms with Crippen LogP contribution in [0.3, 0.4) is 0 Å². The van der Waals surface area contributed by atoms with Crippen molar-refractivity contribution in [3.8, 4) is 5.75 Å². The molecule has 2 heterocycles. The molecule has 5 heteroatoms. The zero-order valence-electron chi connectivity index (χ0n) is 12.6. The Morgan fingerprint density at radius 2 is 2.14 bits per heavy atom. The van der Waals surface area contributed by atoms with E-state index in [9.17, 15) is 0 Å². The van der Waals surface area contributed by atoms with Crippen LogP contribution in [-0.4, -0.2) is 18.1 Å². The van der Waals surface area contributed by atoms with Gasteiger partial charge in [0.2, 0.25) is 0 Å². The lowest BCUT2D eigenvalue weighted by atomic mass is 9.85. The second-order valence-electron chi connectivity index (χ2n) is 5.98. The highest BCUT2D eigenvalue weighted by Gasteiger charge is 2.38. The highest BCUT2D eigenvalue weighted by Crippen LogP contribution is 2.42. The molecule has 0 fully saturated rings. The van der Waals surface area contributed by atoms with E-state index >= 15 is 0 Å². The van der Waals surface area contributed by atoms with Crippen LogP contribution < -0.4 is 10.1 Å². The Balaban J connectivity index is 1.77. The Kier molecular flexibility index (Phi) is 4.75. The van der Waals surface area contributed by atoms with Gasteiger partial charge in [-0.1, -0.05) is 37.3 Å². The van der Waals surface area contributed by atoms with Gasteiger partial charge in [-0.05, 0) is 57.1 Å². The highest BCUT2D eigenvalue weighted by atomic mass is 127. The summed E-state index contributed by atoms with van der Waals surface area (Å²) in [6.45, 7) is 5.98. The van der Waals surface area contributed by atoms with Gasteiger partial charge in [-0.15, -0.1) is 0 Å². The standard InChI is InChI=1S/C17H18BrIN2O/c1-11(12-6-4-3-5-7-12)20-9-17(2)10-22-15-13(17)8-14(19)21-16(15)18/h3-8,11,20H,9-10H2,1-2H3/t11-,17-/m0/s1. The predicted octanol–water partition coefficient (Wildman–Crippen LogP) is 4.45. The largest absolute Gasteiger partial charge is 0.489 e. The first-order valence-electron chi connectivity index (χ1n) is 7.27. The summed E-state index contributed by atoms with van der Waals surface area (Å²) in [5, 5.41) is 3.64. The van der Waals surface area contributed by atoms with Crippen molar-refractivity contribution < 1.29 is 4.74 Å². The van der Waals surface area contributed by atoms with Crippen LogP contribution in [0.4, 0.5) is 0 Å². The molecule has 3 rings (SSSR count). The van der Waals surface area contributed by atoms with Gasteiger partial charge in [-0.25, -0.2) is 4.98 Å². The van der Waals surface area contributed by atoms with Gasteiger partial charge in [0.1, 0.15) is 8.30 Å². The number of aromatic nitrogens is 1. The van der Waals surface area contributed by atoms with E-state index in [1.807, 2.05) is 6.07 Å². The van der Waals surface area contributed by atoms with Gasteiger partial charge in [0.05, 0.1) is 6.61 Å². The van der Waals surface area contributed by atoms with Gasteiger partial charge in [0.25, 0.3) is 0 Å². The molecule has 1 aromatic heterocycles. The zero-order valence-corrected chi connectivity index (χ0v) is 16.3. The van der Waals surface area contributed by atoms with Crippen LogP contribution in [0, 0.1) is 3.70 Å². The molecule has 0 radical (unpaired) electrons. The van der Waals surface area contributed by atoms with Crippen molar-refractivity contribution in [1.29, 1.82) is 0 Å². The van der Waals surface area contributed by atoms with Crippen molar-refractivity contribution in [3.05, 3.63) is 55.8 Å². The SMILES string of the molecule is C[C@H](NC[C@@]1(C)COc2c1cc(I)nc2Br)c1ccccc1. The molecule has 0 saturated carbocycles. The van der Waals surface area contributed by atoms with Gasteiger partial charge < -0.3 is 10.1 Å². The molecular formula is C17H18BrIN2O. The maximum Gasteiger partial charge on any atom is 0.156 e. The molecule has 116 valence electrons. The smallest absolute Gasteiger partial charge is 0.156 e. The maximum absolute atomic E-state index is 5.89. The second kappa shape index (κ2) is 6.45. The summed E-state index contributed by atoms with van der Waals surface area (Å²) in [6.07, 6.45) is 0. The van der Waals surface area contributed by atoms with Crippen LogP contribution >= 0.6 is 38.5 Å². The van der Waals surface area contributed by atoms with Gasteiger partial charge >= 0.3 is 0 Å². The number of ether oxygens (including phenoxy) is 1. The van der Waals surface area contributed by atoms with E-state index in [1.165, 1.54) is 11.1 Å². The van der Waals surface area contributed by atoms with E-state index in [0.717, 1.165) is 20.6 Å². The number of fused-ring (bicyclic) bond motifs is 1. The van der Waals surface area contributed by atoms with Crippen molar-refractivity contribution in [2.45, 2.75) is 25.3 Å². The van der Waals surface area contributed by atoms with Crippen LogP contribution in [0.2, 0.25) is 0 Å². The molecule has 1 N–H and O–H groups in total. The fraction of sp³-hybridized carbons (Fsp3) is 0.353. The van der Waals surface area contributed by atoms with Crippen LogP contribution in [0.1, 0.15) is 31.0 Å². The maximum atomic E-state index is 5.89. The fourth-order valence-corrected chi connectivity index (χ4v) is 4.15. The average molecular weight is 473 g/mol. The molecule has 22 heavy (non-hydrogen) atoms. The number of benzene rings is 1. The average Bonchev–Trinajstić information content (AvgIpc) is 2.84. The number of nitrogens with one attached hydrogen (secondary N) is 1. The minimum atomic E-state index is -0.0379. The molecule has 0 bridgehead atoms. The summed E-state index contributed by atoms with van der Waals surface area (Å²) in [5.74, 6) is 0.886. The first-order valence-corrected chi connectivity index (χ1v) is 9.14. The summed E-state index contributed by atoms with van der Waals surface area (Å²) in [5.41, 5.74) is 2.49. The number of rotatable bonds is 4. The van der Waals surface area contributed by atoms with Crippen molar-refractivity contribution in [3.63, 3.8) is 0 Å². The molecule has 0 saturated heterocycles. The lowest BCUT2D eigenvalue weighted by Gasteiger charge is -2.26. The number of halogens is 2. The van der Waals surface area contributed by atoms with E-state index < -0.39 is 0 Å². The van der Waals surface area contributed by atoms with Crippen molar-refractivity contribution in [1.82, 2.24) is 10.3 Å². The molecule has 1 aliphatic heterocycles. The summed E-state index contributed by atoms with van der Waals surface area (Å²) < 4.78 is 7.67. The fourth-order valence-electron chi connectivity index (χ4n) is 2.75. The minimum absolute atomic E-state index is 0.0379. The molecule has 3 nitrogen and oxygen atoms in total. The molecule has 0 spiro atoms. The molecule has 2 atom stereocenters. The topological polar surface area (TPSA) is 34.1 Å². The van der Waals surface area contributed by atoms with E-state index in [1.54, 1.807) is 0 Å². The van der Waals surface area contributed by atoms with Gasteiger partial charge in [-0.2, -0.15) is 0 Å². The Morgan fingerprint density at radius 3 is 2.86 bits per heavy atom. The summed E-state index contributed by atoms with van der Waals surface area (Å²) in [6, 6.07) is 13.0. The Bertz CT molecular complexity index is 680. The number of nitrogens with zero attached hydrogens (tertiary/aromatic N) is 1. The van der Waals surface area contributed by atoms with Crippen LogP contribution in [0.25, 0.3) is 0 Å². The van der Waals surface area contributed by atoms with Gasteiger partial charge in [0.15, 0.2) is 5.75 Å². The molecule has 1 aromatic carbocycles. The first-order chi connectivity index (χ1) is 10.5. The quantitative estimate of drug-likeness (QED) is 0.527. The molecule has 2 aromatic rings. The van der Waals surface area contributed by atoms with Gasteiger partial charge in [0, 0.05) is 23.6 Å². The first kappa shape index (κ1) is 16.2. The Morgan fingerprint density at radius 1 is 1.41 bits per heavy atom. The molecule has 0 aliphatic carbocycles. The third-order valence-electron chi connectivity index (χ3n) is 4.18. The molecule has 1 aliphatic rings. The number of pyridine rings is 1. The van der Waals surface area contributed by atoms with Gasteiger partial charge in [-0.3, -0.25) is 0 Å². The molecule has 0 unspecified atom stereocenters. The lowest BCUT2D eigenvalue weighted by Crippen LogP contribution is -2.38. The van der Waals surface area contributed by atoms with E-state index in [0.29, 0.717) is 12.6 Å². The van der Waals surface area contributed by atoms with Crippen LogP contribution in [-0.2, 0) is 5.41 Å². The van der Waals surface area contributed by atoms with Crippen molar-refractivity contribution in [2.24, 2.45) is 0 Å². The van der Waals surface area contributed by atoms with Crippen LogP contribution in [0.15, 0.2) is 41.0 Å². The van der Waals surface area contributed by atoms with E-state index in [4.69, 9.17) is 4.74 Å². The van der Waals surface area contributed by atoms with E-state index in [2.05, 4.69) is 93.0 Å². The highest BCUT2D eigenvalue weighted by molar-refractivity contribution is 14.1. The zero-order chi connectivity index (χ0) is 15.7. The Hall–Kier alpha value is -0.660. The van der Waals surface area contributed by atoms with Crippen molar-refractivity contribution in [2.75, 3.05) is 13.2 Å². The normalized spacial score (nSPS) is 21.3. The Labute approximate surface area is 153 Å². The number of hydrogen-bond acceptors (Lipinski definition) is 3. The second-order valence-corrected chi connectivity index (χ2v) is 7.83. The monoisotopic (exact) mass is 472 g/mol. The van der Waals surface area contributed by atoms with Crippen LogP contribution in [0.5, 0.6) is 5.75 Å². The third-order valence-corrected chi connectivity index (χ3v) is 5.27. The number of hydrogen-bond donors (Lipinski definition) is 1. The summed E-state index contributed by atoms with van der Waals surface area (Å²) in [7, 11) is 0. The minimum Gasteiger partial charge on any atom is -0.489 e. The predicted molar refractivity (Wildman–Crippen MR) is 100 cm³/mol. The van der Waals surface area contributed by atoms with E-state index in [-0.39, 0.29) is 5.41 Å².